The fourth-order valence-electron chi connectivity index (χ4n) is 3.13. The van der Waals surface area contributed by atoms with Gasteiger partial charge in [-0.15, -0.1) is 10.2 Å². The molecule has 0 radical (unpaired) electrons. The number of sulfonamides is 1. The van der Waals surface area contributed by atoms with Gasteiger partial charge in [0, 0.05) is 24.3 Å². The van der Waals surface area contributed by atoms with E-state index in [4.69, 9.17) is 0 Å². The Hall–Kier alpha value is -3.00. The zero-order chi connectivity index (χ0) is 19.6. The first-order valence-electron chi connectivity index (χ1n) is 8.99. The number of nitrogens with zero attached hydrogens (tertiary/aromatic N) is 3. The summed E-state index contributed by atoms with van der Waals surface area (Å²) in [6, 6.07) is 15.4. The highest BCUT2D eigenvalue weighted by molar-refractivity contribution is 7.92. The molecule has 0 amide bonds. The van der Waals surface area contributed by atoms with Crippen LogP contribution in [-0.4, -0.2) is 31.7 Å². The minimum atomic E-state index is -3.77. The van der Waals surface area contributed by atoms with Crippen molar-refractivity contribution in [2.75, 3.05) is 22.7 Å². The molecule has 1 aromatic heterocycles. The van der Waals surface area contributed by atoms with Crippen molar-refractivity contribution in [3.8, 4) is 11.3 Å². The minimum Gasteiger partial charge on any atom is -0.355 e. The van der Waals surface area contributed by atoms with Gasteiger partial charge in [0.05, 0.1) is 10.6 Å². The molecular weight excluding hydrogens is 379 g/mol. The third kappa shape index (κ3) is 3.96. The van der Waals surface area contributed by atoms with Crippen LogP contribution in [0.1, 0.15) is 12.8 Å². The molecule has 8 heteroatoms. The van der Waals surface area contributed by atoms with Crippen LogP contribution in [-0.2, 0) is 10.0 Å². The monoisotopic (exact) mass is 398 g/mol. The average molecular weight is 398 g/mol. The molecule has 0 bridgehead atoms. The first-order chi connectivity index (χ1) is 13.5. The van der Waals surface area contributed by atoms with E-state index in [-0.39, 0.29) is 4.90 Å². The standard InChI is InChI=1S/C20H19FN4O2S/c21-16-5-9-18(10-6-16)28(26,27)24-17-7-3-15(4-8-17)19-11-12-20(23-22-19)25-13-1-2-14-25/h3-12,24H,1-2,13-14H2. The number of halogens is 1. The van der Waals surface area contributed by atoms with Crippen LogP contribution in [0.4, 0.5) is 15.9 Å². The van der Waals surface area contributed by atoms with Gasteiger partial charge in [0.15, 0.2) is 5.82 Å². The highest BCUT2D eigenvalue weighted by Crippen LogP contribution is 2.23. The maximum Gasteiger partial charge on any atom is 0.261 e. The Morgan fingerprint density at radius 3 is 2.14 bits per heavy atom. The second-order valence-electron chi connectivity index (χ2n) is 6.61. The zero-order valence-electron chi connectivity index (χ0n) is 15.0. The lowest BCUT2D eigenvalue weighted by atomic mass is 10.1. The highest BCUT2D eigenvalue weighted by Gasteiger charge is 2.15. The van der Waals surface area contributed by atoms with E-state index in [2.05, 4.69) is 19.8 Å². The Morgan fingerprint density at radius 2 is 1.54 bits per heavy atom. The van der Waals surface area contributed by atoms with E-state index in [1.54, 1.807) is 24.3 Å². The predicted molar refractivity (Wildman–Crippen MR) is 106 cm³/mol. The van der Waals surface area contributed by atoms with Gasteiger partial charge in [-0.05, 0) is 61.4 Å². The molecule has 3 aromatic rings. The lowest BCUT2D eigenvalue weighted by Gasteiger charge is -2.15. The van der Waals surface area contributed by atoms with Crippen molar-refractivity contribution < 1.29 is 12.8 Å². The van der Waals surface area contributed by atoms with Crippen LogP contribution in [0, 0.1) is 5.82 Å². The molecule has 144 valence electrons. The molecule has 0 aliphatic carbocycles. The number of rotatable bonds is 5. The molecule has 2 aromatic carbocycles. The third-order valence-electron chi connectivity index (χ3n) is 4.64. The number of nitrogens with one attached hydrogen (secondary N) is 1. The van der Waals surface area contributed by atoms with E-state index in [1.165, 1.54) is 25.0 Å². The minimum absolute atomic E-state index is 0.00125. The van der Waals surface area contributed by atoms with Crippen molar-refractivity contribution >= 4 is 21.5 Å². The summed E-state index contributed by atoms with van der Waals surface area (Å²) >= 11 is 0. The quantitative estimate of drug-likeness (QED) is 0.710. The summed E-state index contributed by atoms with van der Waals surface area (Å²) in [5, 5.41) is 8.59. The molecule has 6 nitrogen and oxygen atoms in total. The summed E-state index contributed by atoms with van der Waals surface area (Å²) in [5.41, 5.74) is 1.97. The van der Waals surface area contributed by atoms with Crippen LogP contribution in [0.2, 0.25) is 0 Å². The van der Waals surface area contributed by atoms with Crippen LogP contribution in [0.3, 0.4) is 0 Å². The first kappa shape index (κ1) is 18.4. The second kappa shape index (κ2) is 7.55. The number of hydrogen-bond donors (Lipinski definition) is 1. The van der Waals surface area contributed by atoms with Crippen molar-refractivity contribution in [3.63, 3.8) is 0 Å². The van der Waals surface area contributed by atoms with E-state index in [0.29, 0.717) is 5.69 Å². The highest BCUT2D eigenvalue weighted by atomic mass is 32.2. The molecule has 0 atom stereocenters. The van der Waals surface area contributed by atoms with Crippen molar-refractivity contribution in [1.82, 2.24) is 10.2 Å². The van der Waals surface area contributed by atoms with E-state index >= 15 is 0 Å². The summed E-state index contributed by atoms with van der Waals surface area (Å²) in [5.74, 6) is 0.394. The largest absolute Gasteiger partial charge is 0.355 e. The van der Waals surface area contributed by atoms with Crippen LogP contribution in [0.25, 0.3) is 11.3 Å². The molecule has 2 heterocycles. The molecule has 28 heavy (non-hydrogen) atoms. The van der Waals surface area contributed by atoms with Crippen molar-refractivity contribution in [2.45, 2.75) is 17.7 Å². The Labute approximate surface area is 163 Å². The maximum atomic E-state index is 13.0. The van der Waals surface area contributed by atoms with Crippen LogP contribution >= 0.6 is 0 Å². The van der Waals surface area contributed by atoms with Crippen LogP contribution in [0.15, 0.2) is 65.6 Å². The summed E-state index contributed by atoms with van der Waals surface area (Å²) in [7, 11) is -3.77. The van der Waals surface area contributed by atoms with Gasteiger partial charge in [-0.1, -0.05) is 12.1 Å². The fourth-order valence-corrected chi connectivity index (χ4v) is 4.19. The molecule has 1 saturated heterocycles. The summed E-state index contributed by atoms with van der Waals surface area (Å²) in [6.07, 6.45) is 2.36. The van der Waals surface area contributed by atoms with Gasteiger partial charge in [0.2, 0.25) is 0 Å². The van der Waals surface area contributed by atoms with Crippen molar-refractivity contribution in [2.24, 2.45) is 0 Å². The van der Waals surface area contributed by atoms with E-state index < -0.39 is 15.8 Å². The molecule has 1 fully saturated rings. The van der Waals surface area contributed by atoms with E-state index in [1.807, 2.05) is 12.1 Å². The zero-order valence-corrected chi connectivity index (χ0v) is 15.9. The summed E-state index contributed by atoms with van der Waals surface area (Å²) < 4.78 is 40.2. The van der Waals surface area contributed by atoms with Crippen molar-refractivity contribution in [1.29, 1.82) is 0 Å². The summed E-state index contributed by atoms with van der Waals surface area (Å²) in [4.78, 5) is 2.21. The predicted octanol–water partition coefficient (Wildman–Crippen LogP) is 3.68. The molecule has 0 unspecified atom stereocenters. The normalized spacial score (nSPS) is 14.2. The van der Waals surface area contributed by atoms with Gasteiger partial charge in [-0.2, -0.15) is 0 Å². The first-order valence-corrected chi connectivity index (χ1v) is 10.5. The average Bonchev–Trinajstić information content (AvgIpc) is 3.24. The smallest absolute Gasteiger partial charge is 0.261 e. The fraction of sp³-hybridized carbons (Fsp3) is 0.200. The van der Waals surface area contributed by atoms with Gasteiger partial charge in [0.1, 0.15) is 5.82 Å². The number of benzene rings is 2. The van der Waals surface area contributed by atoms with Gasteiger partial charge >= 0.3 is 0 Å². The third-order valence-corrected chi connectivity index (χ3v) is 6.03. The van der Waals surface area contributed by atoms with Crippen LogP contribution < -0.4 is 9.62 Å². The van der Waals surface area contributed by atoms with Gasteiger partial charge in [-0.3, -0.25) is 4.72 Å². The lowest BCUT2D eigenvalue weighted by molar-refractivity contribution is 0.599. The Kier molecular flexibility index (Phi) is 4.95. The molecule has 0 spiro atoms. The van der Waals surface area contributed by atoms with Crippen molar-refractivity contribution in [3.05, 3.63) is 66.5 Å². The number of hydrogen-bond acceptors (Lipinski definition) is 5. The Morgan fingerprint density at radius 1 is 0.857 bits per heavy atom. The van der Waals surface area contributed by atoms with Gasteiger partial charge in [-0.25, -0.2) is 12.8 Å². The SMILES string of the molecule is O=S(=O)(Nc1ccc(-c2ccc(N3CCCC3)nn2)cc1)c1ccc(F)cc1. The van der Waals surface area contributed by atoms with Gasteiger partial charge in [0.25, 0.3) is 10.0 Å². The number of aromatic nitrogens is 2. The molecular formula is C20H19FN4O2S. The molecule has 1 aliphatic rings. The molecule has 4 rings (SSSR count). The molecule has 1 aliphatic heterocycles. The Balaban J connectivity index is 1.48. The number of anilines is 2. The second-order valence-corrected chi connectivity index (χ2v) is 8.29. The summed E-state index contributed by atoms with van der Waals surface area (Å²) in [6.45, 7) is 2.02. The molecule has 0 saturated carbocycles. The van der Waals surface area contributed by atoms with E-state index in [0.717, 1.165) is 42.3 Å². The van der Waals surface area contributed by atoms with Crippen LogP contribution in [0.5, 0.6) is 0 Å². The van der Waals surface area contributed by atoms with E-state index in [9.17, 15) is 12.8 Å². The molecule has 1 N–H and O–H groups in total. The lowest BCUT2D eigenvalue weighted by Crippen LogP contribution is -2.19. The topological polar surface area (TPSA) is 75.2 Å². The maximum absolute atomic E-state index is 13.0. The van der Waals surface area contributed by atoms with Gasteiger partial charge < -0.3 is 4.90 Å². The Bertz CT molecular complexity index is 1050.